The average Bonchev–Trinajstić information content (AvgIpc) is 2.38. The fourth-order valence-electron chi connectivity index (χ4n) is 1.60. The van der Waals surface area contributed by atoms with Crippen molar-refractivity contribution in [2.75, 3.05) is 18.4 Å². The van der Waals surface area contributed by atoms with Gasteiger partial charge in [-0.2, -0.15) is 13.2 Å². The van der Waals surface area contributed by atoms with Gasteiger partial charge in [-0.1, -0.05) is 0 Å². The first-order valence-corrected chi connectivity index (χ1v) is 6.30. The second-order valence-corrected chi connectivity index (χ2v) is 4.36. The topological polar surface area (TPSA) is 82.2 Å². The van der Waals surface area contributed by atoms with Gasteiger partial charge in [-0.05, 0) is 31.2 Å². The lowest BCUT2D eigenvalue weighted by Gasteiger charge is -2.21. The number of anilines is 1. The summed E-state index contributed by atoms with van der Waals surface area (Å²) in [5.41, 5.74) is 4.72. The minimum atomic E-state index is -4.40. The van der Waals surface area contributed by atoms with Gasteiger partial charge in [0, 0.05) is 25.2 Å². The second-order valence-electron chi connectivity index (χ2n) is 4.36. The highest BCUT2D eigenvalue weighted by molar-refractivity contribution is 5.89. The van der Waals surface area contributed by atoms with E-state index in [9.17, 15) is 18.0 Å². The van der Waals surface area contributed by atoms with Gasteiger partial charge in [-0.15, -0.1) is 0 Å². The van der Waals surface area contributed by atoms with Crippen molar-refractivity contribution in [2.45, 2.75) is 19.5 Å². The van der Waals surface area contributed by atoms with Crippen LogP contribution in [0.15, 0.2) is 24.3 Å². The van der Waals surface area contributed by atoms with E-state index >= 15 is 0 Å². The molecule has 5 nitrogen and oxygen atoms in total. The number of nitrogens with two attached hydrogens (primary N) is 1. The molecule has 116 valence electrons. The first-order chi connectivity index (χ1) is 9.74. The van der Waals surface area contributed by atoms with Gasteiger partial charge in [0.05, 0.1) is 11.4 Å². The van der Waals surface area contributed by atoms with Gasteiger partial charge in [-0.25, -0.2) is 4.79 Å². The third-order valence-electron chi connectivity index (χ3n) is 2.78. The van der Waals surface area contributed by atoms with E-state index in [1.165, 1.54) is 17.0 Å². The van der Waals surface area contributed by atoms with Crippen LogP contribution in [-0.2, 0) is 6.18 Å². The van der Waals surface area contributed by atoms with Crippen LogP contribution in [0, 0.1) is 5.41 Å². The van der Waals surface area contributed by atoms with Gasteiger partial charge in [-0.3, -0.25) is 5.41 Å². The Bertz CT molecular complexity index is 499. The predicted octanol–water partition coefficient (Wildman–Crippen LogP) is 2.89. The van der Waals surface area contributed by atoms with E-state index in [0.29, 0.717) is 6.54 Å². The summed E-state index contributed by atoms with van der Waals surface area (Å²) in [5.74, 6) is -0.0317. The van der Waals surface area contributed by atoms with Crippen molar-refractivity contribution in [1.29, 1.82) is 5.41 Å². The van der Waals surface area contributed by atoms with Gasteiger partial charge >= 0.3 is 12.2 Å². The molecule has 0 fully saturated rings. The Hall–Kier alpha value is -2.25. The average molecular weight is 302 g/mol. The highest BCUT2D eigenvalue weighted by Crippen LogP contribution is 2.29. The van der Waals surface area contributed by atoms with Crippen LogP contribution in [0.3, 0.4) is 0 Å². The first-order valence-electron chi connectivity index (χ1n) is 6.30. The summed E-state index contributed by atoms with van der Waals surface area (Å²) >= 11 is 0. The van der Waals surface area contributed by atoms with Crippen molar-refractivity contribution in [1.82, 2.24) is 4.90 Å². The molecule has 0 aliphatic rings. The second kappa shape index (κ2) is 6.96. The number of rotatable bonds is 5. The Labute approximate surface area is 120 Å². The molecule has 1 aromatic rings. The number of amidine groups is 1. The summed E-state index contributed by atoms with van der Waals surface area (Å²) in [6, 6.07) is 3.75. The molecule has 0 heterocycles. The smallest absolute Gasteiger partial charge is 0.388 e. The van der Waals surface area contributed by atoms with E-state index in [-0.39, 0.29) is 24.5 Å². The number of carbonyl (C=O) groups is 1. The molecule has 0 spiro atoms. The molecule has 0 atom stereocenters. The molecule has 8 heteroatoms. The number of hydrogen-bond donors (Lipinski definition) is 3. The summed E-state index contributed by atoms with van der Waals surface area (Å²) in [6.45, 7) is 2.44. The fourth-order valence-corrected chi connectivity index (χ4v) is 1.60. The number of carbonyl (C=O) groups excluding carboxylic acids is 1. The zero-order valence-corrected chi connectivity index (χ0v) is 11.5. The Morgan fingerprint density at radius 1 is 1.33 bits per heavy atom. The Morgan fingerprint density at radius 2 is 1.90 bits per heavy atom. The van der Waals surface area contributed by atoms with Crippen molar-refractivity contribution in [3.05, 3.63) is 29.8 Å². The largest absolute Gasteiger partial charge is 0.416 e. The number of halogens is 3. The summed E-state index contributed by atoms with van der Waals surface area (Å²) in [7, 11) is 0. The number of benzene rings is 1. The van der Waals surface area contributed by atoms with Crippen LogP contribution >= 0.6 is 0 Å². The van der Waals surface area contributed by atoms with Crippen LogP contribution in [0.4, 0.5) is 23.7 Å². The molecule has 21 heavy (non-hydrogen) atoms. The molecule has 0 aliphatic carbocycles. The molecule has 0 saturated carbocycles. The predicted molar refractivity (Wildman–Crippen MR) is 74.2 cm³/mol. The lowest BCUT2D eigenvalue weighted by molar-refractivity contribution is -0.137. The van der Waals surface area contributed by atoms with Crippen molar-refractivity contribution in [2.24, 2.45) is 5.73 Å². The molecule has 2 amide bonds. The summed E-state index contributed by atoms with van der Waals surface area (Å²) in [5, 5.41) is 9.62. The van der Waals surface area contributed by atoms with Gasteiger partial charge in [0.1, 0.15) is 0 Å². The van der Waals surface area contributed by atoms with Crippen LogP contribution in [0.5, 0.6) is 0 Å². The van der Waals surface area contributed by atoms with Crippen LogP contribution in [0.1, 0.15) is 18.9 Å². The highest BCUT2D eigenvalue weighted by Gasteiger charge is 2.30. The Kier molecular flexibility index (Phi) is 5.57. The Balaban J connectivity index is 2.67. The number of urea groups is 1. The molecule has 0 saturated heterocycles. The molecular weight excluding hydrogens is 285 g/mol. The molecule has 0 radical (unpaired) electrons. The number of nitrogens with one attached hydrogen (secondary N) is 2. The van der Waals surface area contributed by atoms with E-state index in [1.54, 1.807) is 6.92 Å². The zero-order valence-electron chi connectivity index (χ0n) is 11.5. The quantitative estimate of drug-likeness (QED) is 0.577. The van der Waals surface area contributed by atoms with Gasteiger partial charge in [0.15, 0.2) is 0 Å². The van der Waals surface area contributed by atoms with E-state index in [4.69, 9.17) is 11.1 Å². The van der Waals surface area contributed by atoms with Gasteiger partial charge < -0.3 is 16.0 Å². The minimum absolute atomic E-state index is 0.0317. The van der Waals surface area contributed by atoms with E-state index in [0.717, 1.165) is 12.1 Å². The number of amides is 2. The maximum absolute atomic E-state index is 12.4. The molecule has 4 N–H and O–H groups in total. The molecule has 0 unspecified atom stereocenters. The van der Waals surface area contributed by atoms with E-state index in [2.05, 4.69) is 5.32 Å². The fraction of sp³-hybridized carbons (Fsp3) is 0.385. The monoisotopic (exact) mass is 302 g/mol. The lowest BCUT2D eigenvalue weighted by atomic mass is 10.2. The van der Waals surface area contributed by atoms with Crippen molar-refractivity contribution in [3.8, 4) is 0 Å². The number of nitrogens with zero attached hydrogens (tertiary/aromatic N) is 1. The van der Waals surface area contributed by atoms with Crippen molar-refractivity contribution >= 4 is 17.6 Å². The number of hydrogen-bond acceptors (Lipinski definition) is 2. The molecule has 0 bridgehead atoms. The zero-order chi connectivity index (χ0) is 16.0. The molecule has 1 aromatic carbocycles. The van der Waals surface area contributed by atoms with E-state index in [1.807, 2.05) is 0 Å². The SMILES string of the molecule is CCN(CCC(=N)N)C(=O)Nc1ccc(C(F)(F)F)cc1. The van der Waals surface area contributed by atoms with Crippen LogP contribution in [0.25, 0.3) is 0 Å². The van der Waals surface area contributed by atoms with Gasteiger partial charge in [0.25, 0.3) is 0 Å². The highest BCUT2D eigenvalue weighted by atomic mass is 19.4. The van der Waals surface area contributed by atoms with Gasteiger partial charge in [0.2, 0.25) is 0 Å². The molecule has 0 aromatic heterocycles. The maximum atomic E-state index is 12.4. The van der Waals surface area contributed by atoms with Crippen LogP contribution in [-0.4, -0.2) is 29.9 Å². The third-order valence-corrected chi connectivity index (χ3v) is 2.78. The standard InChI is InChI=1S/C13H17F3N4O/c1-2-20(8-7-11(17)18)12(21)19-10-5-3-9(4-6-10)13(14,15)16/h3-6H,2,7-8H2,1H3,(H3,17,18)(H,19,21). The maximum Gasteiger partial charge on any atom is 0.416 e. The lowest BCUT2D eigenvalue weighted by Crippen LogP contribution is -2.37. The summed E-state index contributed by atoms with van der Waals surface area (Å²) < 4.78 is 37.2. The third kappa shape index (κ3) is 5.33. The van der Waals surface area contributed by atoms with Crippen LogP contribution < -0.4 is 11.1 Å². The van der Waals surface area contributed by atoms with Crippen LogP contribution in [0.2, 0.25) is 0 Å². The normalized spacial score (nSPS) is 11.0. The molecular formula is C13H17F3N4O. The summed E-state index contributed by atoms with van der Waals surface area (Å²) in [4.78, 5) is 13.3. The Morgan fingerprint density at radius 3 is 2.33 bits per heavy atom. The number of alkyl halides is 3. The first kappa shape index (κ1) is 16.8. The molecule has 0 aliphatic heterocycles. The van der Waals surface area contributed by atoms with Crippen molar-refractivity contribution in [3.63, 3.8) is 0 Å². The summed E-state index contributed by atoms with van der Waals surface area (Å²) in [6.07, 6.45) is -4.16. The van der Waals surface area contributed by atoms with E-state index < -0.39 is 17.8 Å². The minimum Gasteiger partial charge on any atom is -0.388 e. The molecule has 1 rings (SSSR count). The van der Waals surface area contributed by atoms with Crippen molar-refractivity contribution < 1.29 is 18.0 Å².